The van der Waals surface area contributed by atoms with Crippen molar-refractivity contribution in [1.29, 1.82) is 0 Å². The van der Waals surface area contributed by atoms with E-state index in [0.717, 1.165) is 17.6 Å². The van der Waals surface area contributed by atoms with Gasteiger partial charge in [0.05, 0.1) is 0 Å². The van der Waals surface area contributed by atoms with Crippen molar-refractivity contribution in [1.82, 2.24) is 4.90 Å². The average Bonchev–Trinajstić information content (AvgIpc) is 2.31. The lowest BCUT2D eigenvalue weighted by atomic mass is 10.1. The number of nitrogens with zero attached hydrogens (tertiary/aromatic N) is 1. The number of amides is 1. The number of rotatable bonds is 4. The molecule has 0 spiro atoms. The van der Waals surface area contributed by atoms with Gasteiger partial charge < -0.3 is 4.90 Å². The Labute approximate surface area is 104 Å². The summed E-state index contributed by atoms with van der Waals surface area (Å²) in [6.45, 7) is 6.63. The highest BCUT2D eigenvalue weighted by Crippen LogP contribution is 2.08. The van der Waals surface area contributed by atoms with E-state index in [1.807, 2.05) is 27.0 Å². The fourth-order valence-electron chi connectivity index (χ4n) is 1.73. The van der Waals surface area contributed by atoms with Gasteiger partial charge in [0.25, 0.3) is 0 Å². The first-order valence-electron chi connectivity index (χ1n) is 6.02. The fraction of sp³-hybridized carbons (Fsp3) is 0.400. The van der Waals surface area contributed by atoms with Gasteiger partial charge in [0.15, 0.2) is 0 Å². The normalized spacial score (nSPS) is 11.4. The van der Waals surface area contributed by atoms with Gasteiger partial charge in [-0.25, -0.2) is 0 Å². The molecule has 0 aliphatic carbocycles. The molecule has 0 atom stereocenters. The highest BCUT2D eigenvalue weighted by Gasteiger charge is 2.10. The van der Waals surface area contributed by atoms with Gasteiger partial charge in [-0.2, -0.15) is 0 Å². The molecule has 0 saturated heterocycles. The van der Waals surface area contributed by atoms with Crippen molar-refractivity contribution in [2.24, 2.45) is 0 Å². The van der Waals surface area contributed by atoms with Gasteiger partial charge in [-0.15, -0.1) is 0 Å². The predicted octanol–water partition coefficient (Wildman–Crippen LogP) is 3.31. The van der Waals surface area contributed by atoms with E-state index >= 15 is 0 Å². The van der Waals surface area contributed by atoms with E-state index in [2.05, 4.69) is 31.2 Å². The molecule has 0 aromatic heterocycles. The van der Waals surface area contributed by atoms with E-state index in [-0.39, 0.29) is 5.91 Å². The van der Waals surface area contributed by atoms with Crippen LogP contribution in [0, 0.1) is 6.92 Å². The standard InChI is InChI=1S/C15H21NO/c1-5-6-13(3)15(17)16(4)11-14-9-7-12(2)8-10-14/h6-10H,5,11H2,1-4H3/b13-6+. The Hall–Kier alpha value is -1.57. The molecule has 0 heterocycles. The molecule has 1 rings (SSSR count). The third kappa shape index (κ3) is 4.06. The van der Waals surface area contributed by atoms with Crippen LogP contribution in [0.1, 0.15) is 31.4 Å². The number of allylic oxidation sites excluding steroid dienone is 1. The second-order valence-corrected chi connectivity index (χ2v) is 4.44. The highest BCUT2D eigenvalue weighted by atomic mass is 16.2. The van der Waals surface area contributed by atoms with Crippen LogP contribution in [0.4, 0.5) is 0 Å². The SMILES string of the molecule is CC/C=C(\C)C(=O)N(C)Cc1ccc(C)cc1. The van der Waals surface area contributed by atoms with Crippen LogP contribution in [-0.2, 0) is 11.3 Å². The summed E-state index contributed by atoms with van der Waals surface area (Å²) in [7, 11) is 1.84. The molecule has 2 heteroatoms. The van der Waals surface area contributed by atoms with Crippen molar-refractivity contribution in [3.05, 3.63) is 47.0 Å². The Morgan fingerprint density at radius 2 is 1.88 bits per heavy atom. The zero-order valence-corrected chi connectivity index (χ0v) is 11.2. The number of likely N-dealkylation sites (N-methyl/N-ethyl adjacent to an activating group) is 1. The number of benzene rings is 1. The van der Waals surface area contributed by atoms with Crippen LogP contribution in [0.5, 0.6) is 0 Å². The third-order valence-electron chi connectivity index (χ3n) is 2.73. The molecule has 0 fully saturated rings. The van der Waals surface area contributed by atoms with E-state index in [9.17, 15) is 4.79 Å². The Bertz CT molecular complexity index is 403. The number of hydrogen-bond acceptors (Lipinski definition) is 1. The van der Waals surface area contributed by atoms with E-state index in [0.29, 0.717) is 6.54 Å². The lowest BCUT2D eigenvalue weighted by Gasteiger charge is -2.17. The van der Waals surface area contributed by atoms with E-state index < -0.39 is 0 Å². The maximum Gasteiger partial charge on any atom is 0.249 e. The van der Waals surface area contributed by atoms with E-state index in [1.54, 1.807) is 4.90 Å². The first-order chi connectivity index (χ1) is 8.04. The van der Waals surface area contributed by atoms with Gasteiger partial charge in [-0.3, -0.25) is 4.79 Å². The average molecular weight is 231 g/mol. The largest absolute Gasteiger partial charge is 0.338 e. The first kappa shape index (κ1) is 13.5. The second-order valence-electron chi connectivity index (χ2n) is 4.44. The Kier molecular flexibility index (Phi) is 4.95. The molecule has 0 bridgehead atoms. The maximum absolute atomic E-state index is 12.0. The molecule has 0 aliphatic heterocycles. The van der Waals surface area contributed by atoms with Crippen LogP contribution >= 0.6 is 0 Å². The van der Waals surface area contributed by atoms with E-state index in [1.165, 1.54) is 5.56 Å². The molecule has 1 aromatic rings. The highest BCUT2D eigenvalue weighted by molar-refractivity contribution is 5.92. The topological polar surface area (TPSA) is 20.3 Å². The van der Waals surface area contributed by atoms with E-state index in [4.69, 9.17) is 0 Å². The second kappa shape index (κ2) is 6.24. The minimum Gasteiger partial charge on any atom is -0.338 e. The quantitative estimate of drug-likeness (QED) is 0.728. The molecular weight excluding hydrogens is 210 g/mol. The van der Waals surface area contributed by atoms with Gasteiger partial charge in [-0.05, 0) is 25.8 Å². The van der Waals surface area contributed by atoms with Crippen LogP contribution in [0.15, 0.2) is 35.9 Å². The van der Waals surface area contributed by atoms with Crippen LogP contribution in [0.25, 0.3) is 0 Å². The summed E-state index contributed by atoms with van der Waals surface area (Å²) in [5.41, 5.74) is 3.22. The summed E-state index contributed by atoms with van der Waals surface area (Å²) >= 11 is 0. The fourth-order valence-corrected chi connectivity index (χ4v) is 1.73. The molecule has 92 valence electrons. The maximum atomic E-state index is 12.0. The summed E-state index contributed by atoms with van der Waals surface area (Å²) in [6, 6.07) is 8.28. The molecular formula is C15H21NO. The van der Waals surface area contributed by atoms with Crippen molar-refractivity contribution >= 4 is 5.91 Å². The molecule has 2 nitrogen and oxygen atoms in total. The van der Waals surface area contributed by atoms with Gasteiger partial charge in [0, 0.05) is 19.2 Å². The number of aryl methyl sites for hydroxylation is 1. The van der Waals surface area contributed by atoms with Crippen LogP contribution in [-0.4, -0.2) is 17.9 Å². The van der Waals surface area contributed by atoms with Gasteiger partial charge >= 0.3 is 0 Å². The van der Waals surface area contributed by atoms with Crippen molar-refractivity contribution in [2.45, 2.75) is 33.7 Å². The molecule has 0 radical (unpaired) electrons. The molecule has 0 aliphatic rings. The Balaban J connectivity index is 2.66. The Morgan fingerprint density at radius 1 is 1.29 bits per heavy atom. The third-order valence-corrected chi connectivity index (χ3v) is 2.73. The molecule has 1 aromatic carbocycles. The zero-order chi connectivity index (χ0) is 12.8. The molecule has 0 saturated carbocycles. The number of hydrogen-bond donors (Lipinski definition) is 0. The lowest BCUT2D eigenvalue weighted by Crippen LogP contribution is -2.26. The van der Waals surface area contributed by atoms with Crippen LogP contribution in [0.2, 0.25) is 0 Å². The minimum absolute atomic E-state index is 0.104. The van der Waals surface area contributed by atoms with Gasteiger partial charge in [0.1, 0.15) is 0 Å². The first-order valence-corrected chi connectivity index (χ1v) is 6.02. The lowest BCUT2D eigenvalue weighted by molar-refractivity contribution is -0.126. The predicted molar refractivity (Wildman–Crippen MR) is 71.7 cm³/mol. The summed E-state index contributed by atoms with van der Waals surface area (Å²) in [4.78, 5) is 13.7. The number of carbonyl (C=O) groups is 1. The van der Waals surface area contributed by atoms with Crippen LogP contribution < -0.4 is 0 Å². The summed E-state index contributed by atoms with van der Waals surface area (Å²) in [5.74, 6) is 0.104. The number of carbonyl (C=O) groups excluding carboxylic acids is 1. The van der Waals surface area contributed by atoms with Crippen molar-refractivity contribution in [3.63, 3.8) is 0 Å². The smallest absolute Gasteiger partial charge is 0.249 e. The van der Waals surface area contributed by atoms with Crippen molar-refractivity contribution < 1.29 is 4.79 Å². The summed E-state index contributed by atoms with van der Waals surface area (Å²) in [5, 5.41) is 0. The van der Waals surface area contributed by atoms with Gasteiger partial charge in [0.2, 0.25) is 5.91 Å². The van der Waals surface area contributed by atoms with Crippen molar-refractivity contribution in [3.8, 4) is 0 Å². The van der Waals surface area contributed by atoms with Gasteiger partial charge in [-0.1, -0.05) is 42.8 Å². The van der Waals surface area contributed by atoms with Crippen molar-refractivity contribution in [2.75, 3.05) is 7.05 Å². The minimum atomic E-state index is 0.104. The molecule has 0 N–H and O–H groups in total. The molecule has 1 amide bonds. The van der Waals surface area contributed by atoms with Crippen LogP contribution in [0.3, 0.4) is 0 Å². The monoisotopic (exact) mass is 231 g/mol. The molecule has 0 unspecified atom stereocenters. The summed E-state index contributed by atoms with van der Waals surface area (Å²) < 4.78 is 0. The molecule has 17 heavy (non-hydrogen) atoms. The summed E-state index contributed by atoms with van der Waals surface area (Å²) in [6.07, 6.45) is 2.86. The zero-order valence-electron chi connectivity index (χ0n) is 11.2. The Morgan fingerprint density at radius 3 is 2.41 bits per heavy atom.